The molecule has 1 aliphatic rings. The van der Waals surface area contributed by atoms with Gasteiger partial charge in [-0.15, -0.1) is 0 Å². The van der Waals surface area contributed by atoms with Crippen LogP contribution in [-0.4, -0.2) is 40.3 Å². The van der Waals surface area contributed by atoms with Gasteiger partial charge >= 0.3 is 12.1 Å². The molecule has 0 aromatic rings. The lowest BCUT2D eigenvalue weighted by molar-refractivity contribution is -0.144. The van der Waals surface area contributed by atoms with Gasteiger partial charge in [0.1, 0.15) is 11.6 Å². The molecule has 0 aromatic heterocycles. The summed E-state index contributed by atoms with van der Waals surface area (Å²) in [5.41, 5.74) is -0.502. The second-order valence-electron chi connectivity index (χ2n) is 5.07. The SMILES string of the molecule is CCC(C)(CC)OC(=O)N1CCCC[C@@H]1C(=O)O. The summed E-state index contributed by atoms with van der Waals surface area (Å²) in [5, 5.41) is 9.12. The van der Waals surface area contributed by atoms with Gasteiger partial charge in [0.2, 0.25) is 0 Å². The van der Waals surface area contributed by atoms with Crippen molar-refractivity contribution in [2.75, 3.05) is 6.54 Å². The Morgan fingerprint density at radius 2 is 1.94 bits per heavy atom. The molecule has 0 aromatic carbocycles. The fourth-order valence-corrected chi connectivity index (χ4v) is 2.07. The van der Waals surface area contributed by atoms with E-state index in [1.54, 1.807) is 0 Å². The maximum atomic E-state index is 12.1. The fraction of sp³-hybridized carbons (Fsp3) is 0.846. The van der Waals surface area contributed by atoms with Crippen molar-refractivity contribution in [1.29, 1.82) is 0 Å². The molecule has 0 unspecified atom stereocenters. The molecule has 0 saturated carbocycles. The maximum absolute atomic E-state index is 12.1. The van der Waals surface area contributed by atoms with E-state index < -0.39 is 23.7 Å². The zero-order chi connectivity index (χ0) is 13.8. The van der Waals surface area contributed by atoms with Gasteiger partial charge in [-0.25, -0.2) is 9.59 Å². The molecule has 0 radical (unpaired) electrons. The van der Waals surface area contributed by atoms with Gasteiger partial charge in [-0.3, -0.25) is 4.90 Å². The Kier molecular flexibility index (Phi) is 4.99. The number of likely N-dealkylation sites (tertiary alicyclic amines) is 1. The number of piperidine rings is 1. The highest BCUT2D eigenvalue weighted by molar-refractivity contribution is 5.80. The largest absolute Gasteiger partial charge is 0.480 e. The van der Waals surface area contributed by atoms with Gasteiger partial charge in [-0.05, 0) is 39.0 Å². The molecule has 1 N–H and O–H groups in total. The highest BCUT2D eigenvalue weighted by Crippen LogP contribution is 2.24. The fourth-order valence-electron chi connectivity index (χ4n) is 2.07. The van der Waals surface area contributed by atoms with Crippen molar-refractivity contribution in [3.8, 4) is 0 Å². The van der Waals surface area contributed by atoms with E-state index in [4.69, 9.17) is 9.84 Å². The number of hydrogen-bond donors (Lipinski definition) is 1. The van der Waals surface area contributed by atoms with Crippen molar-refractivity contribution in [2.45, 2.75) is 64.5 Å². The molecular formula is C13H23NO4. The number of amides is 1. The van der Waals surface area contributed by atoms with Gasteiger partial charge in [0.25, 0.3) is 0 Å². The zero-order valence-corrected chi connectivity index (χ0v) is 11.4. The molecule has 1 atom stereocenters. The van der Waals surface area contributed by atoms with Crippen molar-refractivity contribution >= 4 is 12.1 Å². The van der Waals surface area contributed by atoms with Crippen LogP contribution in [0.1, 0.15) is 52.9 Å². The first kappa shape index (κ1) is 14.8. The molecule has 104 valence electrons. The van der Waals surface area contributed by atoms with E-state index in [0.29, 0.717) is 13.0 Å². The highest BCUT2D eigenvalue weighted by atomic mass is 16.6. The first-order chi connectivity index (χ1) is 8.43. The third-order valence-corrected chi connectivity index (χ3v) is 3.85. The molecule has 18 heavy (non-hydrogen) atoms. The minimum absolute atomic E-state index is 0.472. The molecule has 1 amide bonds. The van der Waals surface area contributed by atoms with Crippen molar-refractivity contribution < 1.29 is 19.4 Å². The van der Waals surface area contributed by atoms with Gasteiger partial charge in [0.05, 0.1) is 0 Å². The summed E-state index contributed by atoms with van der Waals surface area (Å²) in [6.45, 7) is 6.27. The Morgan fingerprint density at radius 3 is 2.44 bits per heavy atom. The van der Waals surface area contributed by atoms with E-state index in [0.717, 1.165) is 25.7 Å². The molecule has 0 aliphatic carbocycles. The van der Waals surface area contributed by atoms with Crippen LogP contribution in [0.3, 0.4) is 0 Å². The molecule has 0 bridgehead atoms. The van der Waals surface area contributed by atoms with Crippen molar-refractivity contribution in [1.82, 2.24) is 4.90 Å². The van der Waals surface area contributed by atoms with Crippen LogP contribution in [0.5, 0.6) is 0 Å². The number of hydrogen-bond acceptors (Lipinski definition) is 3. The lowest BCUT2D eigenvalue weighted by Crippen LogP contribution is -2.50. The molecule has 5 nitrogen and oxygen atoms in total. The summed E-state index contributed by atoms with van der Waals surface area (Å²) in [7, 11) is 0. The van der Waals surface area contributed by atoms with Crippen LogP contribution in [0, 0.1) is 0 Å². The number of ether oxygens (including phenoxy) is 1. The number of carboxylic acids is 1. The number of carbonyl (C=O) groups is 2. The number of carboxylic acid groups (broad SMARTS) is 1. The predicted octanol–water partition coefficient (Wildman–Crippen LogP) is 2.64. The summed E-state index contributed by atoms with van der Waals surface area (Å²) in [6, 6.07) is -0.732. The lowest BCUT2D eigenvalue weighted by atomic mass is 10.00. The van der Waals surface area contributed by atoms with Gasteiger partial charge in [-0.1, -0.05) is 13.8 Å². The van der Waals surface area contributed by atoms with Crippen molar-refractivity contribution in [3.05, 3.63) is 0 Å². The van der Waals surface area contributed by atoms with E-state index >= 15 is 0 Å². The smallest absolute Gasteiger partial charge is 0.411 e. The second kappa shape index (κ2) is 6.07. The van der Waals surface area contributed by atoms with E-state index in [1.165, 1.54) is 4.90 Å². The summed E-state index contributed by atoms with van der Waals surface area (Å²) in [4.78, 5) is 24.6. The maximum Gasteiger partial charge on any atom is 0.411 e. The number of rotatable bonds is 4. The monoisotopic (exact) mass is 257 g/mol. The Balaban J connectivity index is 2.72. The number of carbonyl (C=O) groups excluding carboxylic acids is 1. The zero-order valence-electron chi connectivity index (χ0n) is 11.4. The molecule has 1 saturated heterocycles. The van der Waals surface area contributed by atoms with Crippen LogP contribution in [0.15, 0.2) is 0 Å². The summed E-state index contributed by atoms with van der Waals surface area (Å²) >= 11 is 0. The number of aliphatic carboxylic acids is 1. The Bertz CT molecular complexity index is 312. The average Bonchev–Trinajstić information content (AvgIpc) is 2.38. The standard InChI is InChI=1S/C13H23NO4/c1-4-13(3,5-2)18-12(17)14-9-7-6-8-10(14)11(15)16/h10H,4-9H2,1-3H3,(H,15,16)/t10-/m1/s1. The van der Waals surface area contributed by atoms with E-state index in [9.17, 15) is 9.59 Å². The number of nitrogens with zero attached hydrogens (tertiary/aromatic N) is 1. The third kappa shape index (κ3) is 3.37. The molecule has 0 spiro atoms. The van der Waals surface area contributed by atoms with Crippen LogP contribution in [-0.2, 0) is 9.53 Å². The van der Waals surface area contributed by atoms with E-state index in [1.807, 2.05) is 20.8 Å². The third-order valence-electron chi connectivity index (χ3n) is 3.85. The molecule has 1 fully saturated rings. The Morgan fingerprint density at radius 1 is 1.33 bits per heavy atom. The van der Waals surface area contributed by atoms with Crippen molar-refractivity contribution in [3.63, 3.8) is 0 Å². The van der Waals surface area contributed by atoms with Crippen LogP contribution >= 0.6 is 0 Å². The first-order valence-corrected chi connectivity index (χ1v) is 6.66. The summed E-state index contributed by atoms with van der Waals surface area (Å²) < 4.78 is 5.48. The second-order valence-corrected chi connectivity index (χ2v) is 5.07. The highest BCUT2D eigenvalue weighted by Gasteiger charge is 2.35. The minimum atomic E-state index is -0.943. The first-order valence-electron chi connectivity index (χ1n) is 6.66. The van der Waals surface area contributed by atoms with Gasteiger partial charge in [-0.2, -0.15) is 0 Å². The van der Waals surface area contributed by atoms with Gasteiger partial charge < -0.3 is 9.84 Å². The van der Waals surface area contributed by atoms with Crippen LogP contribution < -0.4 is 0 Å². The normalized spacial score (nSPS) is 20.6. The lowest BCUT2D eigenvalue weighted by Gasteiger charge is -2.36. The Labute approximate surface area is 108 Å². The van der Waals surface area contributed by atoms with Crippen LogP contribution in [0.2, 0.25) is 0 Å². The molecule has 1 heterocycles. The molecule has 1 aliphatic heterocycles. The average molecular weight is 257 g/mol. The van der Waals surface area contributed by atoms with E-state index in [-0.39, 0.29) is 0 Å². The van der Waals surface area contributed by atoms with Crippen molar-refractivity contribution in [2.24, 2.45) is 0 Å². The van der Waals surface area contributed by atoms with Crippen LogP contribution in [0.25, 0.3) is 0 Å². The summed E-state index contributed by atoms with van der Waals surface area (Å²) in [6.07, 6.45) is 3.15. The molecule has 1 rings (SSSR count). The quantitative estimate of drug-likeness (QED) is 0.840. The van der Waals surface area contributed by atoms with Gasteiger partial charge in [0, 0.05) is 6.54 Å². The van der Waals surface area contributed by atoms with Gasteiger partial charge in [0.15, 0.2) is 0 Å². The minimum Gasteiger partial charge on any atom is -0.480 e. The summed E-state index contributed by atoms with van der Waals surface area (Å²) in [5.74, 6) is -0.943. The van der Waals surface area contributed by atoms with E-state index in [2.05, 4.69) is 0 Å². The predicted molar refractivity (Wildman–Crippen MR) is 67.4 cm³/mol. The molecule has 5 heteroatoms. The van der Waals surface area contributed by atoms with Crippen LogP contribution in [0.4, 0.5) is 4.79 Å². The topological polar surface area (TPSA) is 66.8 Å². The molecular weight excluding hydrogens is 234 g/mol. The Hall–Kier alpha value is -1.26.